The molecule has 0 radical (unpaired) electrons. The summed E-state index contributed by atoms with van der Waals surface area (Å²) in [5.41, 5.74) is 6.72. The first-order chi connectivity index (χ1) is 14.2. The third-order valence-electron chi connectivity index (χ3n) is 5.84. The summed E-state index contributed by atoms with van der Waals surface area (Å²) in [4.78, 5) is 19.0. The highest BCUT2D eigenvalue weighted by atomic mass is 16.1. The molecule has 0 spiro atoms. The van der Waals surface area contributed by atoms with Crippen LogP contribution in [-0.2, 0) is 4.79 Å². The molecule has 0 saturated carbocycles. The van der Waals surface area contributed by atoms with Gasteiger partial charge in [-0.1, -0.05) is 24.3 Å². The Kier molecular flexibility index (Phi) is 8.67. The van der Waals surface area contributed by atoms with Gasteiger partial charge in [0.25, 0.3) is 0 Å². The summed E-state index contributed by atoms with van der Waals surface area (Å²) in [5.74, 6) is 0.550. The number of likely N-dealkylation sites (tertiary alicyclic amines) is 1. The van der Waals surface area contributed by atoms with Crippen molar-refractivity contribution >= 4 is 23.4 Å². The molecule has 1 aliphatic rings. The lowest BCUT2D eigenvalue weighted by Gasteiger charge is -2.30. The molecule has 160 valence electrons. The summed E-state index contributed by atoms with van der Waals surface area (Å²) in [6, 6.07) is 5.85. The van der Waals surface area contributed by atoms with Gasteiger partial charge < -0.3 is 10.3 Å². The maximum absolute atomic E-state index is 11.8. The van der Waals surface area contributed by atoms with E-state index in [0.29, 0.717) is 11.6 Å². The normalized spacial score (nSPS) is 17.9. The molecule has 1 heterocycles. The van der Waals surface area contributed by atoms with E-state index in [1.807, 2.05) is 32.0 Å². The van der Waals surface area contributed by atoms with Crippen molar-refractivity contribution in [1.82, 2.24) is 4.90 Å². The predicted octanol–water partition coefficient (Wildman–Crippen LogP) is 5.62. The maximum Gasteiger partial charge on any atom is 0.154 e. The second kappa shape index (κ2) is 11.0. The van der Waals surface area contributed by atoms with Crippen LogP contribution < -0.4 is 0 Å². The lowest BCUT2D eigenvalue weighted by molar-refractivity contribution is -0.112. The van der Waals surface area contributed by atoms with Crippen LogP contribution in [0.15, 0.2) is 52.6 Å². The Labute approximate surface area is 181 Å². The highest BCUT2D eigenvalue weighted by molar-refractivity contribution is 6.04. The molecule has 0 amide bonds. The monoisotopic (exact) mass is 405 g/mol. The minimum atomic E-state index is -0.0411. The molecule has 0 aliphatic carbocycles. The van der Waals surface area contributed by atoms with Crippen molar-refractivity contribution < 1.29 is 4.79 Å². The molecule has 4 nitrogen and oxygen atoms in total. The molecule has 1 N–H and O–H groups in total. The number of benzene rings is 1. The molecule has 1 aromatic carbocycles. The van der Waals surface area contributed by atoms with Crippen LogP contribution in [0.1, 0.15) is 57.2 Å². The van der Waals surface area contributed by atoms with Crippen LogP contribution >= 0.6 is 0 Å². The Morgan fingerprint density at radius 1 is 1.17 bits per heavy atom. The zero-order chi connectivity index (χ0) is 22.3. The van der Waals surface area contributed by atoms with E-state index < -0.39 is 0 Å². The Balaban J connectivity index is 2.35. The Bertz CT molecular complexity index is 910. The number of piperidine rings is 1. The van der Waals surface area contributed by atoms with Crippen molar-refractivity contribution in [1.29, 1.82) is 5.41 Å². The molecule has 2 rings (SSSR count). The van der Waals surface area contributed by atoms with Crippen LogP contribution in [0.4, 0.5) is 0 Å². The van der Waals surface area contributed by atoms with Crippen LogP contribution in [0, 0.1) is 18.3 Å². The van der Waals surface area contributed by atoms with Crippen LogP contribution in [0.2, 0.25) is 0 Å². The van der Waals surface area contributed by atoms with Crippen molar-refractivity contribution in [2.75, 3.05) is 20.1 Å². The first-order valence-electron chi connectivity index (χ1n) is 10.7. The van der Waals surface area contributed by atoms with E-state index >= 15 is 0 Å². The van der Waals surface area contributed by atoms with Gasteiger partial charge in [0, 0.05) is 23.6 Å². The van der Waals surface area contributed by atoms with Crippen molar-refractivity contribution in [2.45, 2.75) is 47.5 Å². The first kappa shape index (κ1) is 23.7. The molecule has 1 saturated heterocycles. The number of hydrogen-bond acceptors (Lipinski definition) is 4. The molecule has 30 heavy (non-hydrogen) atoms. The molecule has 1 aromatic rings. The van der Waals surface area contributed by atoms with Gasteiger partial charge in [-0.05, 0) is 102 Å². The zero-order valence-corrected chi connectivity index (χ0v) is 19.2. The largest absolute Gasteiger partial charge is 0.308 e. The minimum absolute atomic E-state index is 0.0411. The van der Waals surface area contributed by atoms with Gasteiger partial charge in [0.1, 0.15) is 0 Å². The van der Waals surface area contributed by atoms with E-state index in [0.717, 1.165) is 41.1 Å². The molecular formula is C26H35N3O. The van der Waals surface area contributed by atoms with E-state index in [-0.39, 0.29) is 5.78 Å². The highest BCUT2D eigenvalue weighted by Crippen LogP contribution is 2.26. The summed E-state index contributed by atoms with van der Waals surface area (Å²) >= 11 is 0. The van der Waals surface area contributed by atoms with Crippen LogP contribution in [-0.4, -0.2) is 42.7 Å². The number of nitrogens with one attached hydrogen (secondary N) is 1. The smallest absolute Gasteiger partial charge is 0.154 e. The third kappa shape index (κ3) is 6.46. The third-order valence-corrected chi connectivity index (χ3v) is 5.84. The number of ketones is 1. The summed E-state index contributed by atoms with van der Waals surface area (Å²) in [6.07, 6.45) is 9.74. The Hall–Kier alpha value is -2.59. The minimum Gasteiger partial charge on any atom is -0.308 e. The van der Waals surface area contributed by atoms with Crippen molar-refractivity contribution in [3.8, 4) is 0 Å². The fraction of sp³-hybridized carbons (Fsp3) is 0.423. The van der Waals surface area contributed by atoms with Gasteiger partial charge in [-0.2, -0.15) is 0 Å². The average molecular weight is 406 g/mol. The van der Waals surface area contributed by atoms with E-state index in [1.165, 1.54) is 31.6 Å². The predicted molar refractivity (Wildman–Crippen MR) is 129 cm³/mol. The first-order valence-corrected chi connectivity index (χ1v) is 10.7. The molecule has 0 atom stereocenters. The molecule has 1 fully saturated rings. The number of carbonyl (C=O) groups excluding carboxylic acids is 1. The Morgan fingerprint density at radius 3 is 2.40 bits per heavy atom. The summed E-state index contributed by atoms with van der Waals surface area (Å²) < 4.78 is 0. The number of aryl methyl sites for hydroxylation is 1. The standard InChI is InChI=1S/C26H35N3O/c1-7-22(23-10-12-29(6)13-11-23)14-19(3)21(5)28-26(15-20(4)30)24-9-8-18(2)25(16-24)17-27/h7-9,14-17,23,27H,10-13H2,1-6H3/b19-14-,22-7+,26-15-,27-17?,28-21+. The van der Waals surface area contributed by atoms with Crippen molar-refractivity contribution in [3.63, 3.8) is 0 Å². The van der Waals surface area contributed by atoms with Gasteiger partial charge in [-0.25, -0.2) is 0 Å². The summed E-state index contributed by atoms with van der Waals surface area (Å²) in [5, 5.41) is 7.62. The second-order valence-electron chi connectivity index (χ2n) is 8.25. The maximum atomic E-state index is 11.8. The van der Waals surface area contributed by atoms with E-state index in [4.69, 9.17) is 10.4 Å². The van der Waals surface area contributed by atoms with E-state index in [1.54, 1.807) is 6.08 Å². The topological polar surface area (TPSA) is 56.5 Å². The number of allylic oxidation sites excluding steroid dienone is 5. The zero-order valence-electron chi connectivity index (χ0n) is 19.2. The summed E-state index contributed by atoms with van der Waals surface area (Å²) in [6.45, 7) is 12.0. The molecule has 0 bridgehead atoms. The molecular weight excluding hydrogens is 370 g/mol. The molecule has 1 aliphatic heterocycles. The quantitative estimate of drug-likeness (QED) is 0.364. The Morgan fingerprint density at radius 2 is 1.83 bits per heavy atom. The lowest BCUT2D eigenvalue weighted by atomic mass is 9.87. The second-order valence-corrected chi connectivity index (χ2v) is 8.25. The van der Waals surface area contributed by atoms with Gasteiger partial charge in [0.05, 0.1) is 5.70 Å². The number of nitrogens with zero attached hydrogens (tertiary/aromatic N) is 2. The fourth-order valence-corrected chi connectivity index (χ4v) is 3.73. The van der Waals surface area contributed by atoms with Gasteiger partial charge in [0.2, 0.25) is 0 Å². The number of aliphatic imine (C=N–C) groups is 1. The molecule has 4 heteroatoms. The highest BCUT2D eigenvalue weighted by Gasteiger charge is 2.19. The van der Waals surface area contributed by atoms with Crippen molar-refractivity contribution in [3.05, 3.63) is 64.3 Å². The molecule has 0 unspecified atom stereocenters. The van der Waals surface area contributed by atoms with Gasteiger partial charge >= 0.3 is 0 Å². The van der Waals surface area contributed by atoms with Crippen LogP contribution in [0.3, 0.4) is 0 Å². The van der Waals surface area contributed by atoms with E-state index in [9.17, 15) is 4.79 Å². The SMILES string of the molecule is C\C=C(/C=C(C)\C(C)=N\C(=C/C(C)=O)c1ccc(C)c(C=N)c1)C1CCN(C)CC1. The lowest BCUT2D eigenvalue weighted by Crippen LogP contribution is -2.30. The van der Waals surface area contributed by atoms with Gasteiger partial charge in [-0.3, -0.25) is 9.79 Å². The van der Waals surface area contributed by atoms with Crippen LogP contribution in [0.25, 0.3) is 5.70 Å². The van der Waals surface area contributed by atoms with Crippen LogP contribution in [0.5, 0.6) is 0 Å². The molecule has 0 aromatic heterocycles. The van der Waals surface area contributed by atoms with Gasteiger partial charge in [-0.15, -0.1) is 0 Å². The van der Waals surface area contributed by atoms with Crippen molar-refractivity contribution in [2.24, 2.45) is 10.9 Å². The summed E-state index contributed by atoms with van der Waals surface area (Å²) in [7, 11) is 2.18. The fourth-order valence-electron chi connectivity index (χ4n) is 3.73. The van der Waals surface area contributed by atoms with E-state index in [2.05, 4.69) is 37.9 Å². The number of carbonyl (C=O) groups is 1. The average Bonchev–Trinajstić information content (AvgIpc) is 2.72. The number of rotatable bonds is 7. The number of hydrogen-bond donors (Lipinski definition) is 1. The van der Waals surface area contributed by atoms with Gasteiger partial charge in [0.15, 0.2) is 5.78 Å².